The Morgan fingerprint density at radius 2 is 2.00 bits per heavy atom. The first-order chi connectivity index (χ1) is 8.51. The lowest BCUT2D eigenvalue weighted by Crippen LogP contribution is -2.26. The molecule has 0 heterocycles. The van der Waals surface area contributed by atoms with Crippen LogP contribution < -0.4 is 0 Å². The van der Waals surface area contributed by atoms with E-state index >= 15 is 0 Å². The van der Waals surface area contributed by atoms with Crippen LogP contribution in [-0.4, -0.2) is 18.6 Å². The Kier molecular flexibility index (Phi) is 5.73. The van der Waals surface area contributed by atoms with Gasteiger partial charge in [0.1, 0.15) is 5.82 Å². The van der Waals surface area contributed by atoms with Crippen LogP contribution >= 0.6 is 11.8 Å². The van der Waals surface area contributed by atoms with Crippen molar-refractivity contribution in [1.29, 1.82) is 0 Å². The number of benzene rings is 1. The third kappa shape index (κ3) is 4.05. The van der Waals surface area contributed by atoms with E-state index in [0.29, 0.717) is 6.61 Å². The van der Waals surface area contributed by atoms with Crippen molar-refractivity contribution >= 4 is 11.8 Å². The number of hydrogen-bond acceptors (Lipinski definition) is 2. The molecular weight excluding hydrogens is 247 g/mol. The lowest BCUT2D eigenvalue weighted by molar-refractivity contribution is 0.158. The summed E-state index contributed by atoms with van der Waals surface area (Å²) in [4.78, 5) is 0. The van der Waals surface area contributed by atoms with E-state index in [1.165, 1.54) is 12.1 Å². The highest BCUT2D eigenvalue weighted by Gasteiger charge is 2.29. The van der Waals surface area contributed by atoms with Crippen LogP contribution in [0.2, 0.25) is 0 Å². The van der Waals surface area contributed by atoms with Gasteiger partial charge in [-0.3, -0.25) is 0 Å². The second kappa shape index (κ2) is 6.83. The summed E-state index contributed by atoms with van der Waals surface area (Å²) in [6.45, 7) is 8.77. The van der Waals surface area contributed by atoms with Gasteiger partial charge in [0.05, 0.1) is 12.4 Å². The Balaban J connectivity index is 2.84. The molecule has 0 N–H and O–H groups in total. The zero-order chi connectivity index (χ0) is 13.6. The molecule has 18 heavy (non-hydrogen) atoms. The van der Waals surface area contributed by atoms with Crippen molar-refractivity contribution in [2.24, 2.45) is 5.41 Å². The Morgan fingerprint density at radius 3 is 2.50 bits per heavy atom. The van der Waals surface area contributed by atoms with E-state index in [2.05, 4.69) is 19.8 Å². The van der Waals surface area contributed by atoms with Gasteiger partial charge >= 0.3 is 0 Å². The molecule has 1 rings (SSSR count). The van der Waals surface area contributed by atoms with Gasteiger partial charge in [0.2, 0.25) is 0 Å². The minimum Gasteiger partial charge on any atom is -0.498 e. The Bertz CT molecular complexity index is 388. The van der Waals surface area contributed by atoms with Gasteiger partial charge in [-0.2, -0.15) is 11.8 Å². The molecule has 0 aliphatic rings. The van der Waals surface area contributed by atoms with Crippen molar-refractivity contribution < 1.29 is 9.13 Å². The predicted octanol–water partition coefficient (Wildman–Crippen LogP) is 4.29. The van der Waals surface area contributed by atoms with Gasteiger partial charge in [-0.05, 0) is 37.3 Å². The summed E-state index contributed by atoms with van der Waals surface area (Å²) in [5, 5.41) is 0. The fourth-order valence-corrected chi connectivity index (χ4v) is 2.85. The van der Waals surface area contributed by atoms with Crippen molar-refractivity contribution in [3.8, 4) is 0 Å². The average molecular weight is 268 g/mol. The van der Waals surface area contributed by atoms with Crippen LogP contribution in [0.25, 0.3) is 0 Å². The molecular formula is C15H21FOS. The molecule has 0 bridgehead atoms. The lowest BCUT2D eigenvalue weighted by atomic mass is 9.84. The van der Waals surface area contributed by atoms with E-state index in [1.54, 1.807) is 11.8 Å². The number of allylic oxidation sites excluding steroid dienone is 1. The van der Waals surface area contributed by atoms with E-state index in [4.69, 9.17) is 4.74 Å². The quantitative estimate of drug-likeness (QED) is 0.682. The SMILES string of the molecule is C=C(OCC)C(C)(CSC)Cc1ccc(F)cc1. The molecule has 1 aromatic carbocycles. The summed E-state index contributed by atoms with van der Waals surface area (Å²) in [6, 6.07) is 6.65. The second-order valence-electron chi connectivity index (χ2n) is 4.65. The zero-order valence-corrected chi connectivity index (χ0v) is 12.1. The summed E-state index contributed by atoms with van der Waals surface area (Å²) < 4.78 is 18.5. The van der Waals surface area contributed by atoms with Crippen LogP contribution in [0.1, 0.15) is 19.4 Å². The third-order valence-corrected chi connectivity index (χ3v) is 3.89. The number of ether oxygens (including phenoxy) is 1. The van der Waals surface area contributed by atoms with Crippen LogP contribution in [0.3, 0.4) is 0 Å². The maximum absolute atomic E-state index is 12.9. The molecule has 0 fully saturated rings. The van der Waals surface area contributed by atoms with E-state index in [1.807, 2.05) is 19.1 Å². The summed E-state index contributed by atoms with van der Waals surface area (Å²) in [5.74, 6) is 1.54. The maximum Gasteiger partial charge on any atom is 0.123 e. The molecule has 0 radical (unpaired) electrons. The zero-order valence-electron chi connectivity index (χ0n) is 11.3. The Morgan fingerprint density at radius 1 is 1.39 bits per heavy atom. The molecule has 1 atom stereocenters. The van der Waals surface area contributed by atoms with Crippen molar-refractivity contribution in [3.05, 3.63) is 48.0 Å². The molecule has 1 nitrogen and oxygen atoms in total. The van der Waals surface area contributed by atoms with E-state index in [9.17, 15) is 4.39 Å². The van der Waals surface area contributed by atoms with Gasteiger partial charge in [0.15, 0.2) is 0 Å². The van der Waals surface area contributed by atoms with Crippen LogP contribution in [0.15, 0.2) is 36.6 Å². The Hall–Kier alpha value is -0.960. The van der Waals surface area contributed by atoms with Crippen LogP contribution in [-0.2, 0) is 11.2 Å². The number of halogens is 1. The van der Waals surface area contributed by atoms with Gasteiger partial charge in [0, 0.05) is 11.2 Å². The van der Waals surface area contributed by atoms with Crippen LogP contribution in [0, 0.1) is 11.2 Å². The standard InChI is InChI=1S/C15H21FOS/c1-5-17-12(2)15(3,11-18-4)10-13-6-8-14(16)9-7-13/h6-9H,2,5,10-11H2,1,3-4H3. The van der Waals surface area contributed by atoms with E-state index in [-0.39, 0.29) is 11.2 Å². The highest BCUT2D eigenvalue weighted by Crippen LogP contribution is 2.34. The van der Waals surface area contributed by atoms with E-state index in [0.717, 1.165) is 23.5 Å². The summed E-state index contributed by atoms with van der Waals surface area (Å²) in [6.07, 6.45) is 2.88. The smallest absolute Gasteiger partial charge is 0.123 e. The molecule has 0 aliphatic carbocycles. The molecule has 0 aromatic heterocycles. The van der Waals surface area contributed by atoms with Gasteiger partial charge in [-0.1, -0.05) is 25.6 Å². The molecule has 100 valence electrons. The fraction of sp³-hybridized carbons (Fsp3) is 0.467. The minimum atomic E-state index is -0.200. The third-order valence-electron chi connectivity index (χ3n) is 2.96. The van der Waals surface area contributed by atoms with Crippen molar-refractivity contribution in [2.45, 2.75) is 20.3 Å². The molecule has 0 saturated carbocycles. The van der Waals surface area contributed by atoms with Crippen molar-refractivity contribution in [2.75, 3.05) is 18.6 Å². The molecule has 1 unspecified atom stereocenters. The average Bonchev–Trinajstić information content (AvgIpc) is 2.33. The van der Waals surface area contributed by atoms with Gasteiger partial charge in [0.25, 0.3) is 0 Å². The lowest BCUT2D eigenvalue weighted by Gasteiger charge is -2.30. The number of hydrogen-bond donors (Lipinski definition) is 0. The number of rotatable bonds is 7. The second-order valence-corrected chi connectivity index (χ2v) is 5.52. The Labute approximate surface area is 113 Å². The monoisotopic (exact) mass is 268 g/mol. The highest BCUT2D eigenvalue weighted by molar-refractivity contribution is 7.98. The van der Waals surface area contributed by atoms with Gasteiger partial charge in [-0.25, -0.2) is 4.39 Å². The molecule has 1 aromatic rings. The van der Waals surface area contributed by atoms with Crippen molar-refractivity contribution in [1.82, 2.24) is 0 Å². The first kappa shape index (κ1) is 15.1. The fourth-order valence-electron chi connectivity index (χ4n) is 1.95. The van der Waals surface area contributed by atoms with Crippen LogP contribution in [0.5, 0.6) is 0 Å². The minimum absolute atomic E-state index is 0.118. The molecule has 0 aliphatic heterocycles. The first-order valence-electron chi connectivity index (χ1n) is 6.07. The normalized spacial score (nSPS) is 14.0. The highest BCUT2D eigenvalue weighted by atomic mass is 32.2. The molecule has 0 spiro atoms. The summed E-state index contributed by atoms with van der Waals surface area (Å²) in [5.41, 5.74) is 0.988. The predicted molar refractivity (Wildman–Crippen MR) is 77.4 cm³/mol. The molecule has 0 saturated heterocycles. The van der Waals surface area contributed by atoms with Gasteiger partial charge in [-0.15, -0.1) is 0 Å². The maximum atomic E-state index is 12.9. The first-order valence-corrected chi connectivity index (χ1v) is 7.47. The van der Waals surface area contributed by atoms with Crippen LogP contribution in [0.4, 0.5) is 4.39 Å². The van der Waals surface area contributed by atoms with Crippen molar-refractivity contribution in [3.63, 3.8) is 0 Å². The molecule has 3 heteroatoms. The van der Waals surface area contributed by atoms with Gasteiger partial charge < -0.3 is 4.74 Å². The molecule has 0 amide bonds. The summed E-state index contributed by atoms with van der Waals surface area (Å²) in [7, 11) is 0. The number of thioether (sulfide) groups is 1. The van der Waals surface area contributed by atoms with E-state index < -0.39 is 0 Å². The topological polar surface area (TPSA) is 9.23 Å². The summed E-state index contributed by atoms with van der Waals surface area (Å²) >= 11 is 1.77. The largest absolute Gasteiger partial charge is 0.498 e.